The summed E-state index contributed by atoms with van der Waals surface area (Å²) in [6, 6.07) is 18.9. The predicted octanol–water partition coefficient (Wildman–Crippen LogP) is 5.80. The van der Waals surface area contributed by atoms with Crippen LogP contribution in [-0.2, 0) is 32.0 Å². The number of hydrogen-bond acceptors (Lipinski definition) is 3. The Morgan fingerprint density at radius 2 is 1.44 bits per heavy atom. The molecule has 0 N–H and O–H groups in total. The van der Waals surface area contributed by atoms with Crippen LogP contribution in [0.5, 0.6) is 0 Å². The van der Waals surface area contributed by atoms with Gasteiger partial charge in [0, 0.05) is 56.7 Å². The molecule has 0 atom stereocenters. The molecule has 5 aromatic rings. The molecule has 0 unspecified atom stereocenters. The number of benzene rings is 2. The predicted molar refractivity (Wildman–Crippen MR) is 124 cm³/mol. The molecular weight excluding hydrogens is 636 g/mol. The third-order valence-corrected chi connectivity index (χ3v) is 4.70. The van der Waals surface area contributed by atoms with Gasteiger partial charge in [-0.15, -0.1) is 36.4 Å². The van der Waals surface area contributed by atoms with Crippen LogP contribution in [-0.4, -0.2) is 24.1 Å². The number of halogens is 3. The van der Waals surface area contributed by atoms with Crippen molar-refractivity contribution in [1.82, 2.24) is 24.1 Å². The van der Waals surface area contributed by atoms with Crippen molar-refractivity contribution in [2.75, 3.05) is 0 Å². The van der Waals surface area contributed by atoms with Crippen molar-refractivity contribution in [2.24, 2.45) is 14.1 Å². The van der Waals surface area contributed by atoms with Gasteiger partial charge < -0.3 is 14.1 Å². The summed E-state index contributed by atoms with van der Waals surface area (Å²) < 4.78 is 29.8. The Morgan fingerprint density at radius 3 is 1.91 bits per heavy atom. The summed E-state index contributed by atoms with van der Waals surface area (Å²) in [6.07, 6.45) is 8.98. The van der Waals surface area contributed by atoms with E-state index in [2.05, 4.69) is 36.7 Å². The zero-order chi connectivity index (χ0) is 24.5. The molecule has 0 fully saturated rings. The molecule has 0 saturated carbocycles. The molecule has 5 rings (SSSR count). The van der Waals surface area contributed by atoms with Crippen LogP contribution >= 0.6 is 9.58 Å². The van der Waals surface area contributed by atoms with Crippen molar-refractivity contribution >= 4 is 9.58 Å². The molecule has 3 heterocycles. The first-order valence-corrected chi connectivity index (χ1v) is 12.9. The van der Waals surface area contributed by atoms with Gasteiger partial charge in [0.05, 0.1) is 11.6 Å². The average molecular weight is 655 g/mol. The van der Waals surface area contributed by atoms with E-state index in [1.807, 2.05) is 53.8 Å². The number of hydrogen-bond donors (Lipinski definition) is 0. The monoisotopic (exact) mass is 655 g/mol. The molecule has 0 aliphatic rings. The van der Waals surface area contributed by atoms with E-state index in [1.165, 1.54) is 17.9 Å². The molecule has 0 aliphatic heterocycles. The standard InChI is InChI=1S/C14H13N4.C11H6F2N.ClH.Ir/c1-17-8-6-15-13(17)11-4-3-5-12(10-11)14-16-7-9-18(14)2;12-8-4-5-9(10(13)7-8)11-3-1-2-6-14-11;;/h3-9H,1-2H3;1-4,6-7H;1H;/q2*-1;;+3/p-1. The number of imidazole rings is 2. The summed E-state index contributed by atoms with van der Waals surface area (Å²) in [5, 5.41) is 0. The Hall–Kier alpha value is -3.19. The van der Waals surface area contributed by atoms with Gasteiger partial charge in [-0.1, -0.05) is 34.9 Å². The first-order chi connectivity index (χ1) is 16.5. The van der Waals surface area contributed by atoms with Gasteiger partial charge in [-0.25, -0.2) is 0 Å². The van der Waals surface area contributed by atoms with E-state index in [1.54, 1.807) is 36.8 Å². The Kier molecular flexibility index (Phi) is 9.22. The Bertz CT molecular complexity index is 1280. The van der Waals surface area contributed by atoms with Crippen LogP contribution in [0, 0.1) is 23.8 Å². The van der Waals surface area contributed by atoms with Crippen LogP contribution in [0.1, 0.15) is 0 Å². The van der Waals surface area contributed by atoms with Crippen LogP contribution in [0.4, 0.5) is 8.78 Å². The molecule has 0 saturated heterocycles. The summed E-state index contributed by atoms with van der Waals surface area (Å²) in [6.45, 7) is 0. The van der Waals surface area contributed by atoms with Crippen LogP contribution in [0.3, 0.4) is 0 Å². The molecule has 0 spiro atoms. The summed E-state index contributed by atoms with van der Waals surface area (Å²) in [7, 11) is 8.59. The fraction of sp³-hybridized carbons (Fsp3) is 0.0800. The quantitative estimate of drug-likeness (QED) is 0.231. The van der Waals surface area contributed by atoms with Crippen molar-refractivity contribution in [3.63, 3.8) is 0 Å². The van der Waals surface area contributed by atoms with Crippen LogP contribution in [0.2, 0.25) is 0 Å². The van der Waals surface area contributed by atoms with Crippen molar-refractivity contribution in [3.05, 3.63) is 103 Å². The second-order valence-corrected chi connectivity index (χ2v) is 6.96. The van der Waals surface area contributed by atoms with Gasteiger partial charge in [0.1, 0.15) is 0 Å². The minimum atomic E-state index is -0.649. The van der Waals surface area contributed by atoms with Gasteiger partial charge in [0.25, 0.3) is 0 Å². The fourth-order valence-corrected chi connectivity index (χ4v) is 3.13. The average Bonchev–Trinajstić information content (AvgIpc) is 3.49. The summed E-state index contributed by atoms with van der Waals surface area (Å²) in [4.78, 5) is 12.6. The normalized spacial score (nSPS) is 10.1. The SMILES string of the molecule is Cn1ccnc1-c1[c-]c(-c2nccn2C)ccc1.Fc1c[c-]c(-c2ccccn2)c(F)c1.[Cl][Ir+2]. The number of aryl methyl sites for hydroxylation is 2. The van der Waals surface area contributed by atoms with Gasteiger partial charge >= 0.3 is 27.5 Å². The molecule has 0 radical (unpaired) electrons. The van der Waals surface area contributed by atoms with Gasteiger partial charge in [0.15, 0.2) is 0 Å². The molecule has 2 aromatic carbocycles. The van der Waals surface area contributed by atoms with E-state index in [-0.39, 0.29) is 5.56 Å². The summed E-state index contributed by atoms with van der Waals surface area (Å²) in [5.41, 5.74) is 2.59. The van der Waals surface area contributed by atoms with Gasteiger partial charge in [-0.3, -0.25) is 18.7 Å². The van der Waals surface area contributed by atoms with E-state index < -0.39 is 11.6 Å². The third-order valence-electron chi connectivity index (χ3n) is 4.70. The summed E-state index contributed by atoms with van der Waals surface area (Å²) >= 11 is 1.47. The van der Waals surface area contributed by atoms with E-state index >= 15 is 0 Å². The van der Waals surface area contributed by atoms with E-state index in [4.69, 9.17) is 0 Å². The Balaban J connectivity index is 0.000000183. The first kappa shape index (κ1) is 25.4. The molecule has 0 amide bonds. The fourth-order valence-electron chi connectivity index (χ4n) is 3.13. The van der Waals surface area contributed by atoms with Crippen molar-refractivity contribution in [1.29, 1.82) is 0 Å². The zero-order valence-electron chi connectivity index (χ0n) is 18.2. The van der Waals surface area contributed by atoms with Gasteiger partial charge in [-0.05, 0) is 11.8 Å². The first-order valence-electron chi connectivity index (χ1n) is 9.91. The van der Waals surface area contributed by atoms with Gasteiger partial charge in [0.2, 0.25) is 0 Å². The number of pyridine rings is 1. The maximum atomic E-state index is 13.2. The Labute approximate surface area is 211 Å². The molecule has 174 valence electrons. The zero-order valence-corrected chi connectivity index (χ0v) is 21.4. The molecule has 3 aromatic heterocycles. The van der Waals surface area contributed by atoms with Crippen molar-refractivity contribution in [3.8, 4) is 34.0 Å². The summed E-state index contributed by atoms with van der Waals surface area (Å²) in [5.74, 6) is 0.531. The topological polar surface area (TPSA) is 48.5 Å². The number of nitrogens with zero attached hydrogens (tertiary/aromatic N) is 5. The van der Waals surface area contributed by atoms with Crippen LogP contribution in [0.25, 0.3) is 34.0 Å². The van der Waals surface area contributed by atoms with E-state index in [0.29, 0.717) is 5.69 Å². The van der Waals surface area contributed by atoms with E-state index in [9.17, 15) is 8.78 Å². The molecule has 9 heteroatoms. The minimum absolute atomic E-state index is 0.187. The maximum absolute atomic E-state index is 13.2. The van der Waals surface area contributed by atoms with Gasteiger partial charge in [-0.2, -0.15) is 0 Å². The van der Waals surface area contributed by atoms with Crippen LogP contribution in [0.15, 0.2) is 79.5 Å². The number of aromatic nitrogens is 5. The Morgan fingerprint density at radius 1 is 0.824 bits per heavy atom. The second kappa shape index (κ2) is 12.3. The molecule has 0 aliphatic carbocycles. The molecule has 0 bridgehead atoms. The van der Waals surface area contributed by atoms with E-state index in [0.717, 1.165) is 34.9 Å². The third kappa shape index (κ3) is 6.23. The van der Waals surface area contributed by atoms with Crippen molar-refractivity contribution < 1.29 is 26.7 Å². The second-order valence-electron chi connectivity index (χ2n) is 6.96. The molecule has 5 nitrogen and oxygen atoms in total. The molecule has 34 heavy (non-hydrogen) atoms. The van der Waals surface area contributed by atoms with Crippen molar-refractivity contribution in [2.45, 2.75) is 0 Å². The molecular formula is C25H19ClF2IrN5. The number of rotatable bonds is 3. The van der Waals surface area contributed by atoms with Crippen LogP contribution < -0.4 is 0 Å².